The second kappa shape index (κ2) is 5.21. The molecule has 0 aliphatic heterocycles. The van der Waals surface area contributed by atoms with Gasteiger partial charge in [0.1, 0.15) is 0 Å². The number of rotatable bonds is 3. The number of alkyl halides is 1. The number of hydrogen-bond donors (Lipinski definition) is 0. The Hall–Kier alpha value is -0.580. The Morgan fingerprint density at radius 1 is 1.38 bits per heavy atom. The minimum atomic E-state index is -0.263. The summed E-state index contributed by atoms with van der Waals surface area (Å²) in [6.45, 7) is 2.18. The van der Waals surface area contributed by atoms with Gasteiger partial charge in [-0.05, 0) is 0 Å². The average molecular weight is 291 g/mol. The van der Waals surface area contributed by atoms with E-state index in [2.05, 4.69) is 11.7 Å². The third-order valence-corrected chi connectivity index (χ3v) is 3.92. The van der Waals surface area contributed by atoms with Gasteiger partial charge in [-0.25, -0.2) is 0 Å². The maximum atomic E-state index is 11.1. The van der Waals surface area contributed by atoms with Crippen molar-refractivity contribution in [2.24, 2.45) is 0 Å². The van der Waals surface area contributed by atoms with E-state index in [4.69, 9.17) is 0 Å². The van der Waals surface area contributed by atoms with Crippen LogP contribution in [0.3, 0.4) is 0 Å². The maximum absolute atomic E-state index is 11.1. The number of carbonyl (C=O) groups is 1. The number of methoxy groups -OCH3 is 1. The van der Waals surface area contributed by atoms with E-state index in [-0.39, 0.29) is 27.2 Å². The molecule has 0 aromatic heterocycles. The van der Waals surface area contributed by atoms with Crippen LogP contribution in [0.4, 0.5) is 0 Å². The van der Waals surface area contributed by atoms with Crippen molar-refractivity contribution in [1.29, 1.82) is 0 Å². The standard InChI is InChI=1S/C10H12IO2/c1-3-11-9-6-4-8(5-7-9)10(12)13-2/h4-7H,3H2,1-2H3/q-1. The van der Waals surface area contributed by atoms with E-state index in [1.54, 1.807) is 0 Å². The van der Waals surface area contributed by atoms with Gasteiger partial charge in [-0.3, -0.25) is 0 Å². The number of halogens is 1. The molecule has 0 bridgehead atoms. The van der Waals surface area contributed by atoms with Gasteiger partial charge >= 0.3 is 88.6 Å². The van der Waals surface area contributed by atoms with Crippen molar-refractivity contribution in [1.82, 2.24) is 0 Å². The predicted octanol–water partition coefficient (Wildman–Crippen LogP) is -1.25. The molecule has 13 heavy (non-hydrogen) atoms. The normalized spacial score (nSPS) is 10.0. The molecule has 1 aromatic rings. The zero-order valence-corrected chi connectivity index (χ0v) is 9.87. The monoisotopic (exact) mass is 291 g/mol. The van der Waals surface area contributed by atoms with E-state index in [1.807, 2.05) is 24.3 Å². The van der Waals surface area contributed by atoms with Crippen LogP contribution in [-0.2, 0) is 4.74 Å². The summed E-state index contributed by atoms with van der Waals surface area (Å²) >= 11 is 0.141. The fourth-order valence-corrected chi connectivity index (χ4v) is 2.70. The predicted molar refractivity (Wildman–Crippen MR) is 47.0 cm³/mol. The van der Waals surface area contributed by atoms with Crippen molar-refractivity contribution in [3.63, 3.8) is 0 Å². The van der Waals surface area contributed by atoms with Crippen LogP contribution in [0.5, 0.6) is 0 Å². The molecular formula is C10H12IO2-. The van der Waals surface area contributed by atoms with Gasteiger partial charge in [-0.15, -0.1) is 0 Å². The summed E-state index contributed by atoms with van der Waals surface area (Å²) in [5.74, 6) is -0.263. The molecule has 2 nitrogen and oxygen atoms in total. The van der Waals surface area contributed by atoms with Gasteiger partial charge in [0.15, 0.2) is 0 Å². The van der Waals surface area contributed by atoms with Gasteiger partial charge in [0.2, 0.25) is 0 Å². The number of ether oxygens (including phenoxy) is 1. The van der Waals surface area contributed by atoms with Crippen LogP contribution in [-0.4, -0.2) is 17.5 Å². The Balaban J connectivity index is 2.75. The van der Waals surface area contributed by atoms with Crippen molar-refractivity contribution in [2.45, 2.75) is 6.92 Å². The molecule has 0 saturated carbocycles. The zero-order valence-electron chi connectivity index (χ0n) is 7.71. The molecule has 0 aliphatic rings. The van der Waals surface area contributed by atoms with Crippen LogP contribution < -0.4 is 21.2 Å². The molecule has 0 spiro atoms. The first kappa shape index (κ1) is 10.5. The molecule has 0 amide bonds. The quantitative estimate of drug-likeness (QED) is 0.395. The molecule has 0 unspecified atom stereocenters. The SMILES string of the molecule is CC[I-]c1ccc(C(=O)OC)cc1. The third kappa shape index (κ3) is 2.99. The minimum absolute atomic E-state index is 0.141. The van der Waals surface area contributed by atoms with Crippen molar-refractivity contribution in [3.05, 3.63) is 33.4 Å². The van der Waals surface area contributed by atoms with Gasteiger partial charge in [-0.2, -0.15) is 0 Å². The number of benzene rings is 1. The summed E-state index contributed by atoms with van der Waals surface area (Å²) in [7, 11) is 1.40. The molecular weight excluding hydrogens is 279 g/mol. The Morgan fingerprint density at radius 3 is 2.46 bits per heavy atom. The summed E-state index contributed by atoms with van der Waals surface area (Å²) in [6, 6.07) is 7.69. The summed E-state index contributed by atoms with van der Waals surface area (Å²) in [6.07, 6.45) is 0. The van der Waals surface area contributed by atoms with Crippen LogP contribution in [0.15, 0.2) is 24.3 Å². The van der Waals surface area contributed by atoms with E-state index in [0.717, 1.165) is 0 Å². The average Bonchev–Trinajstić information content (AvgIpc) is 2.18. The van der Waals surface area contributed by atoms with E-state index < -0.39 is 0 Å². The van der Waals surface area contributed by atoms with Crippen LogP contribution in [0.25, 0.3) is 0 Å². The zero-order chi connectivity index (χ0) is 9.68. The van der Waals surface area contributed by atoms with Crippen molar-refractivity contribution < 1.29 is 30.7 Å². The Labute approximate surface area is 88.6 Å². The molecule has 1 aromatic carbocycles. The summed E-state index contributed by atoms with van der Waals surface area (Å²) in [4.78, 5) is 11.1. The fraction of sp³-hybridized carbons (Fsp3) is 0.300. The van der Waals surface area contributed by atoms with Crippen molar-refractivity contribution in [3.8, 4) is 0 Å². The first-order valence-corrected chi connectivity index (χ1v) is 6.66. The Bertz CT molecular complexity index is 279. The van der Waals surface area contributed by atoms with Crippen molar-refractivity contribution in [2.75, 3.05) is 11.5 Å². The van der Waals surface area contributed by atoms with E-state index in [0.29, 0.717) is 5.56 Å². The van der Waals surface area contributed by atoms with Gasteiger partial charge in [-0.1, -0.05) is 0 Å². The molecule has 0 radical (unpaired) electrons. The molecule has 0 fully saturated rings. The Kier molecular flexibility index (Phi) is 4.21. The topological polar surface area (TPSA) is 26.3 Å². The number of esters is 1. The Morgan fingerprint density at radius 2 is 2.00 bits per heavy atom. The summed E-state index contributed by atoms with van der Waals surface area (Å²) in [5, 5.41) is 0. The van der Waals surface area contributed by atoms with E-state index in [1.165, 1.54) is 15.1 Å². The van der Waals surface area contributed by atoms with Gasteiger partial charge in [0, 0.05) is 0 Å². The van der Waals surface area contributed by atoms with Crippen LogP contribution in [0, 0.1) is 3.57 Å². The molecule has 0 atom stereocenters. The molecule has 72 valence electrons. The molecule has 3 heteroatoms. The fourth-order valence-electron chi connectivity index (χ4n) is 0.947. The second-order valence-electron chi connectivity index (χ2n) is 2.40. The van der Waals surface area contributed by atoms with E-state index >= 15 is 0 Å². The molecule has 0 heterocycles. The third-order valence-electron chi connectivity index (χ3n) is 1.55. The molecule has 0 aliphatic carbocycles. The molecule has 0 saturated heterocycles. The van der Waals surface area contributed by atoms with Crippen LogP contribution >= 0.6 is 0 Å². The second-order valence-corrected chi connectivity index (χ2v) is 5.93. The summed E-state index contributed by atoms with van der Waals surface area (Å²) < 4.78 is 7.21. The first-order chi connectivity index (χ1) is 6.27. The van der Waals surface area contributed by atoms with Crippen molar-refractivity contribution >= 4 is 5.97 Å². The van der Waals surface area contributed by atoms with Gasteiger partial charge in [0.25, 0.3) is 0 Å². The molecule has 0 N–H and O–H groups in total. The molecule has 1 rings (SSSR count). The van der Waals surface area contributed by atoms with E-state index in [9.17, 15) is 4.79 Å². The first-order valence-electron chi connectivity index (χ1n) is 4.05. The van der Waals surface area contributed by atoms with Gasteiger partial charge < -0.3 is 0 Å². The number of carbonyl (C=O) groups excluding carboxylic acids is 1. The van der Waals surface area contributed by atoms with Crippen LogP contribution in [0.1, 0.15) is 17.3 Å². The number of hydrogen-bond acceptors (Lipinski definition) is 2. The van der Waals surface area contributed by atoms with Crippen LogP contribution in [0.2, 0.25) is 0 Å². The summed E-state index contributed by atoms with van der Waals surface area (Å²) in [5.41, 5.74) is 0.631. The van der Waals surface area contributed by atoms with Gasteiger partial charge in [0.05, 0.1) is 0 Å².